The second-order valence-electron chi connectivity index (χ2n) is 8.22. The summed E-state index contributed by atoms with van der Waals surface area (Å²) in [6.45, 7) is 5.92. The number of nitrogens with zero attached hydrogens (tertiary/aromatic N) is 2. The van der Waals surface area contributed by atoms with Crippen LogP contribution in [0.5, 0.6) is 0 Å². The van der Waals surface area contributed by atoms with Crippen molar-refractivity contribution in [3.63, 3.8) is 0 Å². The number of anilines is 1. The van der Waals surface area contributed by atoms with Gasteiger partial charge in [-0.1, -0.05) is 32.0 Å². The molecule has 3 heterocycles. The van der Waals surface area contributed by atoms with Gasteiger partial charge in [0.1, 0.15) is 4.21 Å². The summed E-state index contributed by atoms with van der Waals surface area (Å²) in [4.78, 5) is 15.2. The molecule has 1 aromatic heterocycles. The molecule has 1 amide bonds. The molecule has 1 spiro atoms. The Bertz CT molecular complexity index is 960. The van der Waals surface area contributed by atoms with Crippen LogP contribution in [0.3, 0.4) is 0 Å². The zero-order valence-corrected chi connectivity index (χ0v) is 18.6. The number of benzene rings is 1. The molecule has 2 aromatic rings. The molecule has 7 heteroatoms. The van der Waals surface area contributed by atoms with Crippen molar-refractivity contribution in [1.82, 2.24) is 4.31 Å². The third-order valence-electron chi connectivity index (χ3n) is 6.67. The van der Waals surface area contributed by atoms with Gasteiger partial charge in [0.2, 0.25) is 5.91 Å². The summed E-state index contributed by atoms with van der Waals surface area (Å²) in [6.07, 6.45) is 3.08. The molecule has 1 atom stereocenters. The quantitative estimate of drug-likeness (QED) is 0.700. The number of carbonyl (C=O) groups excluding carboxylic acids is 1. The third-order valence-corrected chi connectivity index (χ3v) is 9.94. The summed E-state index contributed by atoms with van der Waals surface area (Å²) in [5.74, 6) is 0.668. The number of hydrogen-bond donors (Lipinski definition) is 0. The van der Waals surface area contributed by atoms with Gasteiger partial charge >= 0.3 is 0 Å². The van der Waals surface area contributed by atoms with Crippen LogP contribution >= 0.6 is 11.3 Å². The lowest BCUT2D eigenvalue weighted by Crippen LogP contribution is -2.46. The molecule has 2 fully saturated rings. The monoisotopic (exact) mass is 432 g/mol. The summed E-state index contributed by atoms with van der Waals surface area (Å²) in [7, 11) is -3.44. The zero-order valence-electron chi connectivity index (χ0n) is 17.0. The Labute approximate surface area is 177 Å². The fraction of sp³-hybridized carbons (Fsp3) is 0.500. The highest BCUT2D eigenvalue weighted by Gasteiger charge is 2.49. The third kappa shape index (κ3) is 3.64. The van der Waals surface area contributed by atoms with Gasteiger partial charge in [-0.2, -0.15) is 4.31 Å². The molecule has 4 rings (SSSR count). The maximum absolute atomic E-state index is 13.3. The van der Waals surface area contributed by atoms with E-state index in [1.165, 1.54) is 16.9 Å². The summed E-state index contributed by atoms with van der Waals surface area (Å²) < 4.78 is 27.5. The van der Waals surface area contributed by atoms with Crippen molar-refractivity contribution in [2.45, 2.75) is 49.7 Å². The van der Waals surface area contributed by atoms with Gasteiger partial charge in [-0.3, -0.25) is 4.79 Å². The van der Waals surface area contributed by atoms with Crippen molar-refractivity contribution in [2.24, 2.45) is 5.41 Å². The smallest absolute Gasteiger partial charge is 0.252 e. The SMILES string of the molecule is CCC(C)c1ccc(N2CCC3(CCN(S(=O)(=O)c4cccs4)CC3)C2=O)cc1. The normalized spacial score (nSPS) is 21.0. The zero-order chi connectivity index (χ0) is 20.6. The molecule has 156 valence electrons. The van der Waals surface area contributed by atoms with E-state index in [4.69, 9.17) is 0 Å². The van der Waals surface area contributed by atoms with E-state index in [0.717, 1.165) is 18.5 Å². The van der Waals surface area contributed by atoms with Crippen molar-refractivity contribution < 1.29 is 13.2 Å². The first-order valence-corrected chi connectivity index (χ1v) is 12.6. The van der Waals surface area contributed by atoms with Crippen LogP contribution in [-0.4, -0.2) is 38.3 Å². The predicted molar refractivity (Wildman–Crippen MR) is 117 cm³/mol. The number of hydrogen-bond acceptors (Lipinski definition) is 4. The number of thiophene rings is 1. The van der Waals surface area contributed by atoms with E-state index in [1.807, 2.05) is 4.90 Å². The first kappa shape index (κ1) is 20.6. The Kier molecular flexibility index (Phi) is 5.57. The summed E-state index contributed by atoms with van der Waals surface area (Å²) in [6, 6.07) is 11.8. The van der Waals surface area contributed by atoms with Crippen LogP contribution in [-0.2, 0) is 14.8 Å². The molecule has 2 saturated heterocycles. The van der Waals surface area contributed by atoms with Gasteiger partial charge in [0.25, 0.3) is 10.0 Å². The van der Waals surface area contributed by atoms with Crippen LogP contribution in [0.25, 0.3) is 0 Å². The number of piperidine rings is 1. The Hall–Kier alpha value is -1.70. The number of rotatable bonds is 5. The van der Waals surface area contributed by atoms with Crippen molar-refractivity contribution in [3.8, 4) is 0 Å². The van der Waals surface area contributed by atoms with Crippen LogP contribution in [0.2, 0.25) is 0 Å². The van der Waals surface area contributed by atoms with Crippen LogP contribution in [0, 0.1) is 5.41 Å². The van der Waals surface area contributed by atoms with E-state index < -0.39 is 15.4 Å². The van der Waals surface area contributed by atoms with E-state index in [1.54, 1.807) is 21.8 Å². The summed E-state index contributed by atoms with van der Waals surface area (Å²) in [5.41, 5.74) is 1.83. The topological polar surface area (TPSA) is 57.7 Å². The van der Waals surface area contributed by atoms with Gasteiger partial charge in [0, 0.05) is 25.3 Å². The van der Waals surface area contributed by atoms with Crippen molar-refractivity contribution >= 4 is 33.0 Å². The molecular weight excluding hydrogens is 404 g/mol. The predicted octanol–water partition coefficient (Wildman–Crippen LogP) is 4.47. The van der Waals surface area contributed by atoms with Gasteiger partial charge in [-0.25, -0.2) is 8.42 Å². The van der Waals surface area contributed by atoms with Crippen LogP contribution < -0.4 is 4.90 Å². The number of sulfonamides is 1. The first-order chi connectivity index (χ1) is 13.9. The van der Waals surface area contributed by atoms with Crippen molar-refractivity contribution in [3.05, 3.63) is 47.3 Å². The molecule has 5 nitrogen and oxygen atoms in total. The standard InChI is InChI=1S/C22H28N2O3S2/c1-3-17(2)18-6-8-19(9-7-18)24-15-12-22(21(24)25)10-13-23(14-11-22)29(26,27)20-5-4-16-28-20/h4-9,16-17H,3,10-15H2,1-2H3. The maximum Gasteiger partial charge on any atom is 0.252 e. The lowest BCUT2D eigenvalue weighted by molar-refractivity contribution is -0.127. The van der Waals surface area contributed by atoms with Crippen LogP contribution in [0.4, 0.5) is 5.69 Å². The molecule has 0 bridgehead atoms. The first-order valence-electron chi connectivity index (χ1n) is 10.3. The van der Waals surface area contributed by atoms with Crippen LogP contribution in [0.1, 0.15) is 51.0 Å². The average Bonchev–Trinajstić information content (AvgIpc) is 3.38. The highest BCUT2D eigenvalue weighted by atomic mass is 32.2. The van der Waals surface area contributed by atoms with Gasteiger partial charge in [-0.05, 0) is 60.7 Å². The van der Waals surface area contributed by atoms with E-state index in [2.05, 4.69) is 38.1 Å². The van der Waals surface area contributed by atoms with Gasteiger partial charge in [-0.15, -0.1) is 11.3 Å². The second-order valence-corrected chi connectivity index (χ2v) is 11.3. The van der Waals surface area contributed by atoms with E-state index in [0.29, 0.717) is 42.6 Å². The minimum atomic E-state index is -3.44. The molecule has 2 aliphatic rings. The second kappa shape index (κ2) is 7.85. The molecule has 0 aliphatic carbocycles. The average molecular weight is 433 g/mol. The maximum atomic E-state index is 13.3. The summed E-state index contributed by atoms with van der Waals surface area (Å²) in [5, 5.41) is 1.78. The van der Waals surface area contributed by atoms with E-state index >= 15 is 0 Å². The molecule has 1 unspecified atom stereocenters. The molecule has 0 radical (unpaired) electrons. The minimum Gasteiger partial charge on any atom is -0.312 e. The van der Waals surface area contributed by atoms with Gasteiger partial charge < -0.3 is 4.90 Å². The van der Waals surface area contributed by atoms with E-state index in [9.17, 15) is 13.2 Å². The highest BCUT2D eigenvalue weighted by Crippen LogP contribution is 2.44. The Morgan fingerprint density at radius 3 is 2.31 bits per heavy atom. The lowest BCUT2D eigenvalue weighted by atomic mass is 9.77. The summed E-state index contributed by atoms with van der Waals surface area (Å²) >= 11 is 1.25. The molecule has 0 saturated carbocycles. The molecule has 0 N–H and O–H groups in total. The van der Waals surface area contributed by atoms with Crippen LogP contribution in [0.15, 0.2) is 46.0 Å². The highest BCUT2D eigenvalue weighted by molar-refractivity contribution is 7.91. The number of amides is 1. The molecule has 2 aliphatic heterocycles. The molecule has 1 aromatic carbocycles. The molecular formula is C22H28N2O3S2. The van der Waals surface area contributed by atoms with Gasteiger partial charge in [0.05, 0.1) is 5.41 Å². The Morgan fingerprint density at radius 1 is 1.07 bits per heavy atom. The van der Waals surface area contributed by atoms with Crippen molar-refractivity contribution in [2.75, 3.05) is 24.5 Å². The lowest BCUT2D eigenvalue weighted by Gasteiger charge is -2.37. The Morgan fingerprint density at radius 2 is 1.72 bits per heavy atom. The fourth-order valence-electron chi connectivity index (χ4n) is 4.44. The minimum absolute atomic E-state index is 0.155. The van der Waals surface area contributed by atoms with Crippen molar-refractivity contribution in [1.29, 1.82) is 0 Å². The largest absolute Gasteiger partial charge is 0.312 e. The number of carbonyl (C=O) groups is 1. The Balaban J connectivity index is 1.46. The van der Waals surface area contributed by atoms with Gasteiger partial charge in [0.15, 0.2) is 0 Å². The fourth-order valence-corrected chi connectivity index (χ4v) is 7.03. The molecule has 29 heavy (non-hydrogen) atoms. The van der Waals surface area contributed by atoms with E-state index in [-0.39, 0.29) is 5.91 Å².